The number of benzene rings is 3. The number of para-hydroxylation sites is 1. The Hall–Kier alpha value is -3.25. The predicted octanol–water partition coefficient (Wildman–Crippen LogP) is 6.45. The molecule has 0 saturated heterocycles. The molecule has 0 saturated carbocycles. The highest BCUT2D eigenvalue weighted by molar-refractivity contribution is 6.31. The number of aromatic nitrogens is 1. The molecule has 1 aromatic heterocycles. The van der Waals surface area contributed by atoms with Crippen molar-refractivity contribution in [2.24, 2.45) is 0 Å². The Morgan fingerprint density at radius 3 is 2.42 bits per heavy atom. The van der Waals surface area contributed by atoms with Crippen LogP contribution in [0.1, 0.15) is 22.7 Å². The summed E-state index contributed by atoms with van der Waals surface area (Å²) in [5, 5.41) is 1.53. The lowest BCUT2D eigenvalue weighted by atomic mass is 10.1. The van der Waals surface area contributed by atoms with Crippen LogP contribution in [0.15, 0.2) is 79.0 Å². The average Bonchev–Trinajstić information content (AvgIpc) is 3.26. The number of nitrogens with zero attached hydrogens (tertiary/aromatic N) is 2. The largest absolute Gasteiger partial charge is 0.416 e. The van der Waals surface area contributed by atoms with Gasteiger partial charge in [0, 0.05) is 22.3 Å². The molecule has 31 heavy (non-hydrogen) atoms. The van der Waals surface area contributed by atoms with E-state index in [2.05, 4.69) is 0 Å². The van der Waals surface area contributed by atoms with E-state index in [1.165, 1.54) is 12.1 Å². The molecular formula is C24H16ClF3N2O. The molecule has 0 spiro atoms. The van der Waals surface area contributed by atoms with Crippen LogP contribution >= 0.6 is 11.6 Å². The molecule has 1 amide bonds. The van der Waals surface area contributed by atoms with Gasteiger partial charge in [0.05, 0.1) is 17.8 Å². The molecule has 4 aromatic rings. The highest BCUT2D eigenvalue weighted by Gasteiger charge is 2.39. The number of halogens is 4. The van der Waals surface area contributed by atoms with E-state index < -0.39 is 17.8 Å². The van der Waals surface area contributed by atoms with Gasteiger partial charge in [0.15, 0.2) is 0 Å². The topological polar surface area (TPSA) is 25.2 Å². The molecule has 0 bridgehead atoms. The van der Waals surface area contributed by atoms with Gasteiger partial charge in [0.1, 0.15) is 6.04 Å². The summed E-state index contributed by atoms with van der Waals surface area (Å²) in [4.78, 5) is 15.1. The number of anilines is 1. The summed E-state index contributed by atoms with van der Waals surface area (Å²) in [5.74, 6) is -0.154. The van der Waals surface area contributed by atoms with Crippen LogP contribution in [0.5, 0.6) is 0 Å². The van der Waals surface area contributed by atoms with Crippen molar-refractivity contribution in [1.29, 1.82) is 0 Å². The molecule has 1 aliphatic heterocycles. The van der Waals surface area contributed by atoms with Gasteiger partial charge in [0.2, 0.25) is 0 Å². The summed E-state index contributed by atoms with van der Waals surface area (Å²) in [7, 11) is 0. The molecule has 0 radical (unpaired) electrons. The summed E-state index contributed by atoms with van der Waals surface area (Å²) in [6, 6.07) is 19.3. The van der Waals surface area contributed by atoms with E-state index >= 15 is 0 Å². The fraction of sp³-hybridized carbons (Fsp3) is 0.125. The maximum atomic E-state index is 13.5. The quantitative estimate of drug-likeness (QED) is 0.359. The smallest absolute Gasteiger partial charge is 0.331 e. The van der Waals surface area contributed by atoms with Crippen molar-refractivity contribution < 1.29 is 18.0 Å². The van der Waals surface area contributed by atoms with E-state index in [9.17, 15) is 18.0 Å². The zero-order valence-corrected chi connectivity index (χ0v) is 16.9. The van der Waals surface area contributed by atoms with Crippen molar-refractivity contribution in [2.75, 3.05) is 4.90 Å². The Labute approximate surface area is 181 Å². The zero-order valence-electron chi connectivity index (χ0n) is 16.1. The molecule has 156 valence electrons. The van der Waals surface area contributed by atoms with Crippen LogP contribution < -0.4 is 4.90 Å². The second kappa shape index (κ2) is 7.17. The highest BCUT2D eigenvalue weighted by atomic mass is 35.5. The number of alkyl halides is 3. The van der Waals surface area contributed by atoms with Gasteiger partial charge >= 0.3 is 6.18 Å². The van der Waals surface area contributed by atoms with E-state index in [1.807, 2.05) is 41.1 Å². The number of rotatable bonds is 3. The van der Waals surface area contributed by atoms with Gasteiger partial charge in [-0.3, -0.25) is 4.79 Å². The first-order chi connectivity index (χ1) is 14.8. The van der Waals surface area contributed by atoms with Crippen LogP contribution in [0.4, 0.5) is 18.9 Å². The lowest BCUT2D eigenvalue weighted by Gasteiger charge is -2.19. The van der Waals surface area contributed by atoms with E-state index in [0.29, 0.717) is 16.3 Å². The fourth-order valence-electron chi connectivity index (χ4n) is 4.13. The average molecular weight is 441 g/mol. The van der Waals surface area contributed by atoms with Gasteiger partial charge in [-0.25, -0.2) is 0 Å². The summed E-state index contributed by atoms with van der Waals surface area (Å²) in [6.45, 7) is 0.168. The van der Waals surface area contributed by atoms with E-state index in [0.717, 1.165) is 28.6 Å². The minimum Gasteiger partial charge on any atom is -0.331 e. The SMILES string of the molecule is O=C1C(n2ccc3ccccc32)c2cc(Cl)ccc2N1Cc1ccc(C(F)(F)F)cc1. The maximum Gasteiger partial charge on any atom is 0.416 e. The molecule has 1 unspecified atom stereocenters. The van der Waals surface area contributed by atoms with Crippen LogP contribution in [-0.4, -0.2) is 10.5 Å². The molecule has 1 aliphatic rings. The second-order valence-electron chi connectivity index (χ2n) is 7.51. The second-order valence-corrected chi connectivity index (χ2v) is 7.94. The Morgan fingerprint density at radius 1 is 0.935 bits per heavy atom. The molecule has 7 heteroatoms. The van der Waals surface area contributed by atoms with Crippen molar-refractivity contribution in [3.63, 3.8) is 0 Å². The fourth-order valence-corrected chi connectivity index (χ4v) is 4.31. The predicted molar refractivity (Wildman–Crippen MR) is 114 cm³/mol. The van der Waals surface area contributed by atoms with Crippen molar-refractivity contribution in [1.82, 2.24) is 4.57 Å². The summed E-state index contributed by atoms with van der Waals surface area (Å²) >= 11 is 6.24. The molecule has 0 fully saturated rings. The van der Waals surface area contributed by atoms with Crippen LogP contribution in [-0.2, 0) is 17.5 Å². The van der Waals surface area contributed by atoms with Gasteiger partial charge in [-0.1, -0.05) is 41.9 Å². The Bertz CT molecular complexity index is 1290. The van der Waals surface area contributed by atoms with E-state index in [4.69, 9.17) is 11.6 Å². The highest BCUT2D eigenvalue weighted by Crippen LogP contribution is 2.42. The van der Waals surface area contributed by atoms with Gasteiger partial charge < -0.3 is 9.47 Å². The summed E-state index contributed by atoms with van der Waals surface area (Å²) in [5.41, 5.74) is 2.29. The maximum absolute atomic E-state index is 13.5. The Balaban J connectivity index is 1.55. The number of fused-ring (bicyclic) bond motifs is 2. The summed E-state index contributed by atoms with van der Waals surface area (Å²) < 4.78 is 40.5. The van der Waals surface area contributed by atoms with Crippen molar-refractivity contribution in [2.45, 2.75) is 18.8 Å². The molecule has 1 atom stereocenters. The van der Waals surface area contributed by atoms with Crippen LogP contribution in [0.25, 0.3) is 10.9 Å². The molecule has 5 rings (SSSR count). The zero-order chi connectivity index (χ0) is 21.8. The van der Waals surface area contributed by atoms with Gasteiger partial charge in [-0.2, -0.15) is 13.2 Å². The minimum absolute atomic E-state index is 0.154. The van der Waals surface area contributed by atoms with Crippen LogP contribution in [0.2, 0.25) is 5.02 Å². The first-order valence-corrected chi connectivity index (χ1v) is 10.0. The first kappa shape index (κ1) is 19.7. The first-order valence-electron chi connectivity index (χ1n) is 9.65. The van der Waals surface area contributed by atoms with Crippen LogP contribution in [0, 0.1) is 0 Å². The number of carbonyl (C=O) groups is 1. The number of hydrogen-bond acceptors (Lipinski definition) is 1. The van der Waals surface area contributed by atoms with E-state index in [-0.39, 0.29) is 12.5 Å². The third kappa shape index (κ3) is 3.37. The lowest BCUT2D eigenvalue weighted by molar-refractivity contribution is -0.137. The van der Waals surface area contributed by atoms with Crippen molar-refractivity contribution in [3.05, 3.63) is 101 Å². The normalized spacial score (nSPS) is 16.2. The summed E-state index contributed by atoms with van der Waals surface area (Å²) in [6.07, 6.45) is -2.52. The van der Waals surface area contributed by atoms with Gasteiger partial charge in [0.25, 0.3) is 5.91 Å². The number of carbonyl (C=O) groups excluding carboxylic acids is 1. The van der Waals surface area contributed by atoms with Gasteiger partial charge in [-0.15, -0.1) is 0 Å². The Kier molecular flexibility index (Phi) is 4.55. The standard InChI is InChI=1S/C24H16ClF3N2O/c25-18-9-10-21-19(13-18)22(29-12-11-16-3-1-2-4-20(16)29)23(31)30(21)14-15-5-7-17(8-6-15)24(26,27)28/h1-13,22H,14H2. The third-order valence-corrected chi connectivity index (χ3v) is 5.84. The van der Waals surface area contributed by atoms with Gasteiger partial charge in [-0.05, 0) is 53.4 Å². The molecule has 3 nitrogen and oxygen atoms in total. The lowest BCUT2D eigenvalue weighted by Crippen LogP contribution is -2.30. The molecular weight excluding hydrogens is 425 g/mol. The number of amides is 1. The molecule has 2 heterocycles. The van der Waals surface area contributed by atoms with Crippen molar-refractivity contribution in [3.8, 4) is 0 Å². The van der Waals surface area contributed by atoms with E-state index in [1.54, 1.807) is 23.1 Å². The number of hydrogen-bond donors (Lipinski definition) is 0. The molecule has 0 aliphatic carbocycles. The van der Waals surface area contributed by atoms with Crippen molar-refractivity contribution >= 4 is 34.1 Å². The molecule has 3 aromatic carbocycles. The minimum atomic E-state index is -4.40. The third-order valence-electron chi connectivity index (χ3n) is 5.60. The molecule has 0 N–H and O–H groups in total. The monoisotopic (exact) mass is 440 g/mol. The Morgan fingerprint density at radius 2 is 1.68 bits per heavy atom. The van der Waals surface area contributed by atoms with Crippen LogP contribution in [0.3, 0.4) is 0 Å².